The summed E-state index contributed by atoms with van der Waals surface area (Å²) in [5, 5.41) is 15.1. The molecule has 7 nitrogen and oxygen atoms in total. The maximum absolute atomic E-state index is 6.19. The zero-order chi connectivity index (χ0) is 13.5. The summed E-state index contributed by atoms with van der Waals surface area (Å²) in [6.45, 7) is 0.796. The number of ether oxygens (including phenoxy) is 1. The number of anilines is 1. The molecule has 1 saturated carbocycles. The number of nitrogens with zero attached hydrogens (tertiary/aromatic N) is 4. The Kier molecular flexibility index (Phi) is 2.68. The van der Waals surface area contributed by atoms with Gasteiger partial charge in [-0.15, -0.1) is 0 Å². The topological polar surface area (TPSA) is 90.9 Å². The molecule has 4 unspecified atom stereocenters. The van der Waals surface area contributed by atoms with Crippen molar-refractivity contribution in [1.29, 1.82) is 0 Å². The van der Waals surface area contributed by atoms with Gasteiger partial charge in [0, 0.05) is 18.6 Å². The average Bonchev–Trinajstić information content (AvgIpc) is 3.12. The molecule has 0 radical (unpaired) electrons. The molecule has 1 aliphatic heterocycles. The van der Waals surface area contributed by atoms with Crippen LogP contribution in [0.25, 0.3) is 5.69 Å². The van der Waals surface area contributed by atoms with Crippen molar-refractivity contribution in [1.82, 2.24) is 20.2 Å². The number of hydrogen-bond donors (Lipinski definition) is 2. The minimum atomic E-state index is 0.0796. The van der Waals surface area contributed by atoms with E-state index in [1.807, 2.05) is 30.3 Å². The van der Waals surface area contributed by atoms with Crippen molar-refractivity contribution in [2.24, 2.45) is 11.7 Å². The predicted molar refractivity (Wildman–Crippen MR) is 72.4 cm³/mol. The lowest BCUT2D eigenvalue weighted by Crippen LogP contribution is -2.65. The Hall–Kier alpha value is -1.99. The lowest BCUT2D eigenvalue weighted by atomic mass is 9.72. The fourth-order valence-electron chi connectivity index (χ4n) is 3.10. The normalized spacial score (nSPS) is 31.6. The van der Waals surface area contributed by atoms with E-state index < -0.39 is 0 Å². The van der Waals surface area contributed by atoms with Gasteiger partial charge in [-0.2, -0.15) is 4.68 Å². The Morgan fingerprint density at radius 2 is 2.15 bits per heavy atom. The maximum Gasteiger partial charge on any atom is 0.248 e. The highest BCUT2D eigenvalue weighted by atomic mass is 16.5. The van der Waals surface area contributed by atoms with E-state index in [9.17, 15) is 0 Å². The molecule has 1 aliphatic carbocycles. The Balaban J connectivity index is 1.57. The van der Waals surface area contributed by atoms with E-state index in [2.05, 4.69) is 20.8 Å². The lowest BCUT2D eigenvalue weighted by Gasteiger charge is -2.45. The summed E-state index contributed by atoms with van der Waals surface area (Å²) in [4.78, 5) is 0. The number of nitrogens with one attached hydrogen (secondary N) is 1. The van der Waals surface area contributed by atoms with Gasteiger partial charge in [0.1, 0.15) is 0 Å². The van der Waals surface area contributed by atoms with Crippen molar-refractivity contribution >= 4 is 5.95 Å². The number of aromatic nitrogens is 4. The number of rotatable bonds is 3. The van der Waals surface area contributed by atoms with E-state index in [1.165, 1.54) is 0 Å². The van der Waals surface area contributed by atoms with Gasteiger partial charge < -0.3 is 15.8 Å². The number of hydrogen-bond acceptors (Lipinski definition) is 6. The summed E-state index contributed by atoms with van der Waals surface area (Å²) in [6.07, 6.45) is 1.24. The predicted octanol–water partition coefficient (Wildman–Crippen LogP) is 0.189. The van der Waals surface area contributed by atoms with Gasteiger partial charge in [0.25, 0.3) is 0 Å². The first-order chi connectivity index (χ1) is 9.84. The van der Waals surface area contributed by atoms with Crippen molar-refractivity contribution in [3.05, 3.63) is 30.3 Å². The molecule has 2 aromatic rings. The number of nitrogens with two attached hydrogens (primary N) is 1. The van der Waals surface area contributed by atoms with Crippen molar-refractivity contribution in [3.8, 4) is 5.69 Å². The SMILES string of the molecule is NC1C2CCOC2C1Nc1nnnn1-c1ccccc1. The van der Waals surface area contributed by atoms with Gasteiger partial charge in [0.2, 0.25) is 5.95 Å². The molecular formula is C13H16N6O. The van der Waals surface area contributed by atoms with Gasteiger partial charge in [-0.05, 0) is 29.0 Å². The van der Waals surface area contributed by atoms with Gasteiger partial charge in [-0.3, -0.25) is 0 Å². The third-order valence-electron chi connectivity index (χ3n) is 4.21. The molecule has 104 valence electrons. The van der Waals surface area contributed by atoms with Crippen LogP contribution >= 0.6 is 0 Å². The fourth-order valence-corrected chi connectivity index (χ4v) is 3.10. The smallest absolute Gasteiger partial charge is 0.248 e. The van der Waals surface area contributed by atoms with Gasteiger partial charge >= 0.3 is 0 Å². The second-order valence-corrected chi connectivity index (χ2v) is 5.29. The largest absolute Gasteiger partial charge is 0.376 e. The molecular weight excluding hydrogens is 256 g/mol. The van der Waals surface area contributed by atoms with Crippen LogP contribution in [-0.4, -0.2) is 45.0 Å². The van der Waals surface area contributed by atoms with E-state index >= 15 is 0 Å². The van der Waals surface area contributed by atoms with Gasteiger partial charge in [-0.25, -0.2) is 0 Å². The van der Waals surface area contributed by atoms with E-state index in [0.717, 1.165) is 18.7 Å². The average molecular weight is 272 g/mol. The first-order valence-corrected chi connectivity index (χ1v) is 6.82. The van der Waals surface area contributed by atoms with E-state index in [1.54, 1.807) is 4.68 Å². The van der Waals surface area contributed by atoms with Crippen molar-refractivity contribution in [2.75, 3.05) is 11.9 Å². The van der Waals surface area contributed by atoms with Crippen LogP contribution in [0.1, 0.15) is 6.42 Å². The zero-order valence-corrected chi connectivity index (χ0v) is 10.9. The number of fused-ring (bicyclic) bond motifs is 1. The van der Waals surface area contributed by atoms with Crippen LogP contribution in [0, 0.1) is 5.92 Å². The Morgan fingerprint density at radius 1 is 1.30 bits per heavy atom. The molecule has 4 atom stereocenters. The van der Waals surface area contributed by atoms with Crippen LogP contribution < -0.4 is 11.1 Å². The lowest BCUT2D eigenvalue weighted by molar-refractivity contribution is 0.00502. The summed E-state index contributed by atoms with van der Waals surface area (Å²) in [6, 6.07) is 9.95. The number of para-hydroxylation sites is 1. The van der Waals surface area contributed by atoms with Crippen LogP contribution in [-0.2, 0) is 4.74 Å². The third-order valence-corrected chi connectivity index (χ3v) is 4.21. The van der Waals surface area contributed by atoms with Crippen molar-refractivity contribution < 1.29 is 4.74 Å². The van der Waals surface area contributed by atoms with Crippen LogP contribution in [0.5, 0.6) is 0 Å². The van der Waals surface area contributed by atoms with E-state index in [-0.39, 0.29) is 18.2 Å². The first kappa shape index (κ1) is 11.8. The fraction of sp³-hybridized carbons (Fsp3) is 0.462. The monoisotopic (exact) mass is 272 g/mol. The molecule has 20 heavy (non-hydrogen) atoms. The second-order valence-electron chi connectivity index (χ2n) is 5.29. The Bertz CT molecular complexity index is 600. The van der Waals surface area contributed by atoms with Gasteiger partial charge in [0.05, 0.1) is 17.8 Å². The van der Waals surface area contributed by atoms with E-state index in [0.29, 0.717) is 11.9 Å². The second kappa shape index (κ2) is 4.53. The minimum Gasteiger partial charge on any atom is -0.376 e. The molecule has 4 rings (SSSR count). The highest BCUT2D eigenvalue weighted by Gasteiger charge is 2.52. The molecule has 1 saturated heterocycles. The van der Waals surface area contributed by atoms with Crippen molar-refractivity contribution in [2.45, 2.75) is 24.6 Å². The molecule has 7 heteroatoms. The third kappa shape index (κ3) is 1.70. The van der Waals surface area contributed by atoms with Crippen LogP contribution in [0.3, 0.4) is 0 Å². The van der Waals surface area contributed by atoms with Gasteiger partial charge in [-0.1, -0.05) is 23.3 Å². The molecule has 3 N–H and O–H groups in total. The molecule has 0 bridgehead atoms. The van der Waals surface area contributed by atoms with Gasteiger partial charge in [0.15, 0.2) is 0 Å². The first-order valence-electron chi connectivity index (χ1n) is 6.82. The molecule has 2 fully saturated rings. The molecule has 0 amide bonds. The van der Waals surface area contributed by atoms with Crippen molar-refractivity contribution in [3.63, 3.8) is 0 Å². The summed E-state index contributed by atoms with van der Waals surface area (Å²) >= 11 is 0. The Morgan fingerprint density at radius 3 is 3.00 bits per heavy atom. The molecule has 2 aliphatic rings. The molecule has 0 spiro atoms. The highest BCUT2D eigenvalue weighted by Crippen LogP contribution is 2.39. The molecule has 1 aromatic carbocycles. The van der Waals surface area contributed by atoms with Crippen LogP contribution in [0.4, 0.5) is 5.95 Å². The Labute approximate surface area is 116 Å². The van der Waals surface area contributed by atoms with Crippen LogP contribution in [0.15, 0.2) is 30.3 Å². The highest BCUT2D eigenvalue weighted by molar-refractivity contribution is 5.40. The summed E-state index contributed by atoms with van der Waals surface area (Å²) in [5.41, 5.74) is 7.11. The maximum atomic E-state index is 6.19. The minimum absolute atomic E-state index is 0.0796. The number of benzene rings is 1. The zero-order valence-electron chi connectivity index (χ0n) is 10.9. The van der Waals surface area contributed by atoms with E-state index in [4.69, 9.17) is 10.5 Å². The molecule has 2 heterocycles. The molecule has 1 aromatic heterocycles. The summed E-state index contributed by atoms with van der Waals surface area (Å²) < 4.78 is 7.38. The number of tetrazole rings is 1. The summed E-state index contributed by atoms with van der Waals surface area (Å²) in [7, 11) is 0. The van der Waals surface area contributed by atoms with Crippen LogP contribution in [0.2, 0.25) is 0 Å². The standard InChI is InChI=1S/C13H16N6O/c14-10-9-6-7-20-12(9)11(10)15-13-16-17-18-19(13)8-4-2-1-3-5-8/h1-5,9-12H,6-7,14H2,(H,15,16,18). The quantitative estimate of drug-likeness (QED) is 0.829. The summed E-state index contributed by atoms with van der Waals surface area (Å²) in [5.74, 6) is 1.07.